The molecule has 2 unspecified atom stereocenters. The number of hydrogen-bond acceptors (Lipinski definition) is 2. The summed E-state index contributed by atoms with van der Waals surface area (Å²) in [5.74, 6) is -2.52. The van der Waals surface area contributed by atoms with E-state index < -0.39 is 39.9 Å². The minimum absolute atomic E-state index is 0.0439. The first kappa shape index (κ1) is 22.8. The summed E-state index contributed by atoms with van der Waals surface area (Å²) < 4.78 is 41.6. The van der Waals surface area contributed by atoms with Crippen molar-refractivity contribution in [2.45, 2.75) is 26.6 Å². The molecule has 1 aliphatic rings. The van der Waals surface area contributed by atoms with Crippen LogP contribution in [0.4, 0.5) is 13.2 Å². The second-order valence-corrected chi connectivity index (χ2v) is 8.77. The first-order valence-electron chi connectivity index (χ1n) is 7.33. The molecule has 150 valence electrons. The molecule has 1 N–H and O–H groups in total. The third-order valence-electron chi connectivity index (χ3n) is 4.93. The van der Waals surface area contributed by atoms with Crippen LogP contribution in [0.25, 0.3) is 0 Å². The Morgan fingerprint density at radius 3 is 2.22 bits per heavy atom. The maximum atomic E-state index is 12.6. The Balaban J connectivity index is 2.55. The molecule has 11 heteroatoms. The van der Waals surface area contributed by atoms with Gasteiger partial charge in [-0.3, -0.25) is 4.79 Å². The van der Waals surface area contributed by atoms with Crippen molar-refractivity contribution in [1.82, 2.24) is 0 Å². The van der Waals surface area contributed by atoms with Gasteiger partial charge in [-0.25, -0.2) is 0 Å². The van der Waals surface area contributed by atoms with Crippen molar-refractivity contribution in [2.75, 3.05) is 0 Å². The maximum Gasteiger partial charge on any atom is 0.573 e. The molecule has 1 fully saturated rings. The van der Waals surface area contributed by atoms with E-state index in [9.17, 15) is 23.1 Å². The van der Waals surface area contributed by atoms with Crippen LogP contribution in [0.1, 0.15) is 19.4 Å². The van der Waals surface area contributed by atoms with Crippen molar-refractivity contribution >= 4 is 64.0 Å². The van der Waals surface area contributed by atoms with E-state index >= 15 is 0 Å². The number of benzene rings is 1. The third kappa shape index (κ3) is 4.10. The van der Waals surface area contributed by atoms with Gasteiger partial charge >= 0.3 is 12.3 Å². The van der Waals surface area contributed by atoms with E-state index in [0.717, 1.165) is 6.07 Å². The van der Waals surface area contributed by atoms with Gasteiger partial charge in [0, 0.05) is 5.92 Å². The monoisotopic (exact) mass is 484 g/mol. The molecule has 0 aromatic heterocycles. The maximum absolute atomic E-state index is 12.6. The standard InChI is InChI=1S/C16H12Cl5F3O3/c1-14(2)8(4-9(17)18)15(14,13(25)26)5-6-3-7(27-16(22,23)24)11(20)12(21)10(6)19/h3-4,8H,5H2,1-2H3,(H,25,26). The molecule has 2 rings (SSSR count). The van der Waals surface area contributed by atoms with Crippen LogP contribution in [0.3, 0.4) is 0 Å². The lowest BCUT2D eigenvalue weighted by Crippen LogP contribution is -2.25. The van der Waals surface area contributed by atoms with Crippen LogP contribution in [0, 0.1) is 16.7 Å². The van der Waals surface area contributed by atoms with E-state index in [-0.39, 0.29) is 26.5 Å². The number of ether oxygens (including phenoxy) is 1. The molecule has 0 bridgehead atoms. The van der Waals surface area contributed by atoms with Crippen molar-refractivity contribution < 1.29 is 27.8 Å². The van der Waals surface area contributed by atoms with Crippen LogP contribution >= 0.6 is 58.0 Å². The highest BCUT2D eigenvalue weighted by atomic mass is 35.5. The predicted molar refractivity (Wildman–Crippen MR) is 99.0 cm³/mol. The molecule has 1 aromatic rings. The van der Waals surface area contributed by atoms with Gasteiger partial charge in [-0.15, -0.1) is 13.2 Å². The number of aliphatic carboxylic acids is 1. The molecule has 0 aliphatic heterocycles. The van der Waals surface area contributed by atoms with E-state index in [1.807, 2.05) is 0 Å². The molecule has 0 amide bonds. The number of rotatable bonds is 5. The van der Waals surface area contributed by atoms with Crippen LogP contribution in [0.15, 0.2) is 16.6 Å². The largest absolute Gasteiger partial charge is 0.573 e. The Hall–Kier alpha value is -0.530. The Bertz CT molecular complexity index is 818. The summed E-state index contributed by atoms with van der Waals surface area (Å²) in [5.41, 5.74) is -2.16. The minimum Gasteiger partial charge on any atom is -0.481 e. The van der Waals surface area contributed by atoms with Crippen LogP contribution in [0.5, 0.6) is 5.75 Å². The summed E-state index contributed by atoms with van der Waals surface area (Å²) in [4.78, 5) is 12.0. The number of halogens is 8. The second-order valence-electron chi connectivity index (χ2n) is 6.63. The highest BCUT2D eigenvalue weighted by Gasteiger charge is 2.74. The van der Waals surface area contributed by atoms with Crippen molar-refractivity contribution in [3.05, 3.63) is 37.3 Å². The molecule has 0 heterocycles. The molecular weight excluding hydrogens is 474 g/mol. The van der Waals surface area contributed by atoms with Crippen molar-refractivity contribution in [2.24, 2.45) is 16.7 Å². The first-order valence-corrected chi connectivity index (χ1v) is 9.22. The van der Waals surface area contributed by atoms with Crippen LogP contribution in [0.2, 0.25) is 15.1 Å². The lowest BCUT2D eigenvalue weighted by molar-refractivity contribution is -0.274. The zero-order valence-electron chi connectivity index (χ0n) is 13.7. The van der Waals surface area contributed by atoms with Gasteiger partial charge in [-0.1, -0.05) is 71.9 Å². The molecule has 27 heavy (non-hydrogen) atoms. The number of carboxylic acids is 1. The summed E-state index contributed by atoms with van der Waals surface area (Å²) >= 11 is 29.2. The summed E-state index contributed by atoms with van der Waals surface area (Å²) in [6.45, 7) is 3.36. The van der Waals surface area contributed by atoms with Gasteiger partial charge < -0.3 is 9.84 Å². The third-order valence-corrected chi connectivity index (χ3v) is 6.56. The van der Waals surface area contributed by atoms with E-state index in [1.54, 1.807) is 13.8 Å². The first-order chi connectivity index (χ1) is 12.1. The van der Waals surface area contributed by atoms with Crippen molar-refractivity contribution in [3.8, 4) is 5.75 Å². The van der Waals surface area contributed by atoms with Gasteiger partial charge in [-0.2, -0.15) is 0 Å². The molecule has 2 atom stereocenters. The highest BCUT2D eigenvalue weighted by Crippen LogP contribution is 2.71. The van der Waals surface area contributed by atoms with E-state index in [0.29, 0.717) is 0 Å². The number of allylic oxidation sites excluding steroid dienone is 1. The zero-order valence-corrected chi connectivity index (χ0v) is 17.5. The lowest BCUT2D eigenvalue weighted by atomic mass is 9.88. The molecule has 1 aromatic carbocycles. The number of hydrogen-bond donors (Lipinski definition) is 1. The molecule has 1 saturated carbocycles. The van der Waals surface area contributed by atoms with Gasteiger partial charge in [-0.05, 0) is 29.5 Å². The van der Waals surface area contributed by atoms with Gasteiger partial charge in [0.1, 0.15) is 15.3 Å². The molecule has 0 radical (unpaired) electrons. The summed E-state index contributed by atoms with van der Waals surface area (Å²) in [6, 6.07) is 0.937. The number of alkyl halides is 3. The fraction of sp³-hybridized carbons (Fsp3) is 0.438. The fourth-order valence-corrected chi connectivity index (χ4v) is 4.37. The second kappa shape index (κ2) is 7.38. The van der Waals surface area contributed by atoms with E-state index in [1.165, 1.54) is 6.08 Å². The van der Waals surface area contributed by atoms with E-state index in [4.69, 9.17) is 58.0 Å². The van der Waals surface area contributed by atoms with Crippen LogP contribution < -0.4 is 4.74 Å². The summed E-state index contributed by atoms with van der Waals surface area (Å²) in [5, 5.41) is 8.78. The van der Waals surface area contributed by atoms with Gasteiger partial charge in [0.2, 0.25) is 0 Å². The molecule has 1 aliphatic carbocycles. The SMILES string of the molecule is CC1(C)C(C=C(Cl)Cl)C1(Cc1cc(OC(F)(F)F)c(Cl)c(Cl)c1Cl)C(=O)O. The minimum atomic E-state index is -5.02. The van der Waals surface area contributed by atoms with E-state index in [2.05, 4.69) is 4.74 Å². The smallest absolute Gasteiger partial charge is 0.481 e. The van der Waals surface area contributed by atoms with Crippen molar-refractivity contribution in [1.29, 1.82) is 0 Å². The number of carbonyl (C=O) groups is 1. The normalized spacial score (nSPS) is 23.7. The average Bonchev–Trinajstić information content (AvgIpc) is 2.96. The van der Waals surface area contributed by atoms with Crippen LogP contribution in [-0.4, -0.2) is 17.4 Å². The van der Waals surface area contributed by atoms with Gasteiger partial charge in [0.15, 0.2) is 0 Å². The Morgan fingerprint density at radius 1 is 1.22 bits per heavy atom. The van der Waals surface area contributed by atoms with Crippen LogP contribution in [-0.2, 0) is 11.2 Å². The lowest BCUT2D eigenvalue weighted by Gasteiger charge is -2.19. The Kier molecular flexibility index (Phi) is 6.22. The highest BCUT2D eigenvalue weighted by molar-refractivity contribution is 6.55. The summed E-state index contributed by atoms with van der Waals surface area (Å²) in [7, 11) is 0. The Morgan fingerprint density at radius 2 is 1.78 bits per heavy atom. The quantitative estimate of drug-likeness (QED) is 0.450. The molecule has 0 spiro atoms. The van der Waals surface area contributed by atoms with Gasteiger partial charge in [0.25, 0.3) is 0 Å². The molecular formula is C16H12Cl5F3O3. The zero-order chi connectivity index (χ0) is 20.9. The van der Waals surface area contributed by atoms with Crippen molar-refractivity contribution in [3.63, 3.8) is 0 Å². The topological polar surface area (TPSA) is 46.5 Å². The predicted octanol–water partition coefficient (Wildman–Crippen LogP) is 7.13. The Labute approximate surface area is 177 Å². The average molecular weight is 487 g/mol. The van der Waals surface area contributed by atoms with Gasteiger partial charge in [0.05, 0.1) is 15.5 Å². The summed E-state index contributed by atoms with van der Waals surface area (Å²) in [6.07, 6.45) is -3.86. The molecule has 3 nitrogen and oxygen atoms in total. The number of carboxylic acid groups (broad SMARTS) is 1. The fourth-order valence-electron chi connectivity index (χ4n) is 3.45. The molecule has 0 saturated heterocycles.